The highest BCUT2D eigenvalue weighted by Crippen LogP contribution is 2.30. The Morgan fingerprint density at radius 2 is 2.30 bits per heavy atom. The van der Waals surface area contributed by atoms with Crippen LogP contribution in [0.4, 0.5) is 0 Å². The van der Waals surface area contributed by atoms with Crippen LogP contribution in [0.2, 0.25) is 0 Å². The fraction of sp³-hybridized carbons (Fsp3) is 0.529. The number of aliphatic hydroxyl groups excluding tert-OH is 1. The molecule has 1 heterocycles. The highest BCUT2D eigenvalue weighted by molar-refractivity contribution is 5.71. The summed E-state index contributed by atoms with van der Waals surface area (Å²) in [6.45, 7) is 8.64. The van der Waals surface area contributed by atoms with Gasteiger partial charge >= 0.3 is 0 Å². The normalized spacial score (nSPS) is 19.2. The molecule has 1 aliphatic heterocycles. The predicted octanol–water partition coefficient (Wildman–Crippen LogP) is 2.86. The molecule has 0 amide bonds. The SMILES string of the molecule is C=C(CCN1CCCC1CO)c1c(C)cccc1OC. The lowest BCUT2D eigenvalue weighted by molar-refractivity contribution is 0.161. The average Bonchev–Trinajstić information content (AvgIpc) is 2.91. The van der Waals surface area contributed by atoms with Gasteiger partial charge in [0.25, 0.3) is 0 Å². The van der Waals surface area contributed by atoms with E-state index < -0.39 is 0 Å². The van der Waals surface area contributed by atoms with Crippen molar-refractivity contribution in [1.29, 1.82) is 0 Å². The fourth-order valence-corrected chi connectivity index (χ4v) is 3.06. The summed E-state index contributed by atoms with van der Waals surface area (Å²) >= 11 is 0. The molecule has 0 aliphatic carbocycles. The van der Waals surface area contributed by atoms with Crippen LogP contribution >= 0.6 is 0 Å². The number of aliphatic hydroxyl groups is 1. The molecule has 110 valence electrons. The first-order chi connectivity index (χ1) is 9.67. The maximum atomic E-state index is 9.36. The summed E-state index contributed by atoms with van der Waals surface area (Å²) in [5.74, 6) is 0.898. The number of nitrogens with zero attached hydrogens (tertiary/aromatic N) is 1. The minimum absolute atomic E-state index is 0.264. The van der Waals surface area contributed by atoms with Crippen LogP contribution in [0.15, 0.2) is 24.8 Å². The molecule has 3 heteroatoms. The number of ether oxygens (including phenoxy) is 1. The van der Waals surface area contributed by atoms with Crippen molar-refractivity contribution in [2.24, 2.45) is 0 Å². The molecular weight excluding hydrogens is 250 g/mol. The summed E-state index contributed by atoms with van der Waals surface area (Å²) in [4.78, 5) is 2.37. The van der Waals surface area contributed by atoms with Crippen molar-refractivity contribution in [2.45, 2.75) is 32.2 Å². The second-order valence-electron chi connectivity index (χ2n) is 5.52. The summed E-state index contributed by atoms with van der Waals surface area (Å²) < 4.78 is 5.45. The van der Waals surface area contributed by atoms with Gasteiger partial charge in [-0.25, -0.2) is 0 Å². The van der Waals surface area contributed by atoms with Gasteiger partial charge in [-0.05, 0) is 49.9 Å². The van der Waals surface area contributed by atoms with E-state index >= 15 is 0 Å². The van der Waals surface area contributed by atoms with Gasteiger partial charge < -0.3 is 9.84 Å². The minimum atomic E-state index is 0.264. The Bertz CT molecular complexity index is 470. The average molecular weight is 275 g/mol. The van der Waals surface area contributed by atoms with Crippen molar-refractivity contribution in [1.82, 2.24) is 4.90 Å². The molecule has 1 atom stereocenters. The van der Waals surface area contributed by atoms with Crippen molar-refractivity contribution in [2.75, 3.05) is 26.8 Å². The van der Waals surface area contributed by atoms with Gasteiger partial charge in [0.15, 0.2) is 0 Å². The predicted molar refractivity (Wildman–Crippen MR) is 83.1 cm³/mol. The summed E-state index contributed by atoms with van der Waals surface area (Å²) in [7, 11) is 1.70. The van der Waals surface area contributed by atoms with Crippen LogP contribution < -0.4 is 4.74 Å². The van der Waals surface area contributed by atoms with Crippen molar-refractivity contribution in [3.05, 3.63) is 35.9 Å². The second kappa shape index (κ2) is 6.91. The molecule has 1 saturated heterocycles. The van der Waals surface area contributed by atoms with Gasteiger partial charge in [0.05, 0.1) is 13.7 Å². The van der Waals surface area contributed by atoms with Crippen LogP contribution in [-0.4, -0.2) is 42.9 Å². The Hall–Kier alpha value is -1.32. The number of aryl methyl sites for hydroxylation is 1. The molecule has 0 bridgehead atoms. The zero-order valence-electron chi connectivity index (χ0n) is 12.6. The molecule has 0 aromatic heterocycles. The lowest BCUT2D eigenvalue weighted by atomic mass is 9.98. The molecule has 20 heavy (non-hydrogen) atoms. The van der Waals surface area contributed by atoms with E-state index in [4.69, 9.17) is 4.74 Å². The van der Waals surface area contributed by atoms with Gasteiger partial charge in [0, 0.05) is 18.2 Å². The molecular formula is C17H25NO2. The van der Waals surface area contributed by atoms with Gasteiger partial charge in [-0.1, -0.05) is 18.7 Å². The van der Waals surface area contributed by atoms with Crippen molar-refractivity contribution in [3.8, 4) is 5.75 Å². The van der Waals surface area contributed by atoms with Crippen LogP contribution in [0, 0.1) is 6.92 Å². The fourth-order valence-electron chi connectivity index (χ4n) is 3.06. The molecule has 0 radical (unpaired) electrons. The van der Waals surface area contributed by atoms with E-state index in [-0.39, 0.29) is 6.61 Å². The molecule has 2 rings (SSSR count). The Labute approximate surface area is 121 Å². The molecule has 1 aromatic rings. The van der Waals surface area contributed by atoms with Crippen molar-refractivity contribution in [3.63, 3.8) is 0 Å². The van der Waals surface area contributed by atoms with E-state index in [2.05, 4.69) is 24.5 Å². The number of rotatable bonds is 6. The second-order valence-corrected chi connectivity index (χ2v) is 5.52. The number of methoxy groups -OCH3 is 1. The zero-order chi connectivity index (χ0) is 14.5. The highest BCUT2D eigenvalue weighted by Gasteiger charge is 2.23. The summed E-state index contributed by atoms with van der Waals surface area (Å²) in [5, 5.41) is 9.36. The van der Waals surface area contributed by atoms with E-state index in [1.54, 1.807) is 7.11 Å². The van der Waals surface area contributed by atoms with Crippen LogP contribution in [0.25, 0.3) is 5.57 Å². The van der Waals surface area contributed by atoms with Gasteiger partial charge in [-0.15, -0.1) is 0 Å². The van der Waals surface area contributed by atoms with Crippen LogP contribution in [0.1, 0.15) is 30.4 Å². The Kier molecular flexibility index (Phi) is 5.21. The molecule has 0 spiro atoms. The van der Waals surface area contributed by atoms with Gasteiger partial charge in [-0.2, -0.15) is 0 Å². The van der Waals surface area contributed by atoms with E-state index in [0.717, 1.165) is 42.8 Å². The maximum Gasteiger partial charge on any atom is 0.126 e. The van der Waals surface area contributed by atoms with Gasteiger partial charge in [0.1, 0.15) is 5.75 Å². The molecule has 0 saturated carbocycles. The summed E-state index contributed by atoms with van der Waals surface area (Å²) in [6, 6.07) is 6.42. The number of hydrogen-bond donors (Lipinski definition) is 1. The first kappa shape index (κ1) is 15.1. The lowest BCUT2D eigenvalue weighted by Gasteiger charge is -2.23. The molecule has 1 fully saturated rings. The standard InChI is InChI=1S/C17H25NO2/c1-13-6-4-8-16(20-3)17(13)14(2)9-11-18-10-5-7-15(18)12-19/h4,6,8,15,19H,2,5,7,9-12H2,1,3H3. The molecule has 1 unspecified atom stereocenters. The molecule has 3 nitrogen and oxygen atoms in total. The van der Waals surface area contributed by atoms with Crippen LogP contribution in [0.5, 0.6) is 5.75 Å². The largest absolute Gasteiger partial charge is 0.496 e. The van der Waals surface area contributed by atoms with E-state index in [1.165, 1.54) is 12.0 Å². The number of likely N-dealkylation sites (tertiary alicyclic amines) is 1. The van der Waals surface area contributed by atoms with E-state index in [9.17, 15) is 5.11 Å². The summed E-state index contributed by atoms with van der Waals surface area (Å²) in [6.07, 6.45) is 3.21. The highest BCUT2D eigenvalue weighted by atomic mass is 16.5. The van der Waals surface area contributed by atoms with E-state index in [0.29, 0.717) is 6.04 Å². The Morgan fingerprint density at radius 1 is 1.50 bits per heavy atom. The zero-order valence-corrected chi connectivity index (χ0v) is 12.6. The van der Waals surface area contributed by atoms with Crippen molar-refractivity contribution >= 4 is 5.57 Å². The quantitative estimate of drug-likeness (QED) is 0.866. The lowest BCUT2D eigenvalue weighted by Crippen LogP contribution is -2.33. The smallest absolute Gasteiger partial charge is 0.126 e. The third kappa shape index (κ3) is 3.22. The number of hydrogen-bond acceptors (Lipinski definition) is 3. The van der Waals surface area contributed by atoms with Crippen LogP contribution in [0.3, 0.4) is 0 Å². The monoisotopic (exact) mass is 275 g/mol. The van der Waals surface area contributed by atoms with Gasteiger partial charge in [-0.3, -0.25) is 4.90 Å². The van der Waals surface area contributed by atoms with Gasteiger partial charge in [0.2, 0.25) is 0 Å². The Morgan fingerprint density at radius 3 is 3.00 bits per heavy atom. The molecule has 1 N–H and O–H groups in total. The molecule has 1 aromatic carbocycles. The van der Waals surface area contributed by atoms with Crippen molar-refractivity contribution < 1.29 is 9.84 Å². The Balaban J connectivity index is 2.02. The maximum absolute atomic E-state index is 9.36. The first-order valence-electron chi connectivity index (χ1n) is 7.34. The van der Waals surface area contributed by atoms with Crippen LogP contribution in [-0.2, 0) is 0 Å². The summed E-state index contributed by atoms with van der Waals surface area (Å²) in [5.41, 5.74) is 3.45. The third-order valence-electron chi connectivity index (χ3n) is 4.22. The number of benzene rings is 1. The first-order valence-corrected chi connectivity index (χ1v) is 7.34. The van der Waals surface area contributed by atoms with E-state index in [1.807, 2.05) is 12.1 Å². The topological polar surface area (TPSA) is 32.7 Å². The molecule has 1 aliphatic rings. The third-order valence-corrected chi connectivity index (χ3v) is 4.22. The minimum Gasteiger partial charge on any atom is -0.496 e.